The molecule has 0 aliphatic carbocycles. The molecule has 8 nitrogen and oxygen atoms in total. The van der Waals surface area contributed by atoms with Crippen LogP contribution in [0.1, 0.15) is 16.2 Å². The zero-order valence-corrected chi connectivity index (χ0v) is 12.1. The molecule has 0 aliphatic heterocycles. The summed E-state index contributed by atoms with van der Waals surface area (Å²) < 4.78 is 1.52. The van der Waals surface area contributed by atoms with Gasteiger partial charge in [0.2, 0.25) is 0 Å². The molecule has 0 fully saturated rings. The van der Waals surface area contributed by atoms with E-state index in [-0.39, 0.29) is 22.8 Å². The van der Waals surface area contributed by atoms with Crippen molar-refractivity contribution in [3.63, 3.8) is 0 Å². The fourth-order valence-corrected chi connectivity index (χ4v) is 1.96. The van der Waals surface area contributed by atoms with Gasteiger partial charge in [-0.05, 0) is 12.1 Å². The molecule has 21 heavy (non-hydrogen) atoms. The maximum absolute atomic E-state index is 12.4. The number of nitro benzene ring substituents is 1. The number of hydrogen-bond donors (Lipinski definition) is 0. The van der Waals surface area contributed by atoms with Crippen LogP contribution in [-0.2, 0) is 13.6 Å². The van der Waals surface area contributed by atoms with Gasteiger partial charge >= 0.3 is 0 Å². The molecule has 0 radical (unpaired) electrons. The standard InChI is InChI=1S/C12H12ClN5O3/c1-16(6-11-14-7-15-17(11)2)12(19)9-5-8(13)3-4-10(9)18(20)21/h3-5,7H,6H2,1-2H3. The van der Waals surface area contributed by atoms with E-state index in [0.717, 1.165) is 0 Å². The van der Waals surface area contributed by atoms with Gasteiger partial charge in [-0.3, -0.25) is 19.6 Å². The van der Waals surface area contributed by atoms with Crippen LogP contribution >= 0.6 is 11.6 Å². The van der Waals surface area contributed by atoms with Crippen LogP contribution < -0.4 is 0 Å². The van der Waals surface area contributed by atoms with Crippen LogP contribution in [0.15, 0.2) is 24.5 Å². The lowest BCUT2D eigenvalue weighted by Crippen LogP contribution is -2.28. The summed E-state index contributed by atoms with van der Waals surface area (Å²) in [7, 11) is 3.23. The van der Waals surface area contributed by atoms with Crippen LogP contribution in [0.3, 0.4) is 0 Å². The van der Waals surface area contributed by atoms with E-state index in [1.165, 1.54) is 41.2 Å². The smallest absolute Gasteiger partial charge is 0.282 e. The third kappa shape index (κ3) is 3.16. The largest absolute Gasteiger partial charge is 0.334 e. The van der Waals surface area contributed by atoms with Crippen molar-refractivity contribution in [1.82, 2.24) is 19.7 Å². The van der Waals surface area contributed by atoms with E-state index in [1.54, 1.807) is 7.05 Å². The molecule has 2 aromatic rings. The highest BCUT2D eigenvalue weighted by Gasteiger charge is 2.24. The Bertz CT molecular complexity index is 700. The Labute approximate surface area is 125 Å². The Morgan fingerprint density at radius 3 is 2.81 bits per heavy atom. The topological polar surface area (TPSA) is 94.2 Å². The lowest BCUT2D eigenvalue weighted by Gasteiger charge is -2.16. The van der Waals surface area contributed by atoms with Crippen molar-refractivity contribution in [2.75, 3.05) is 7.05 Å². The molecule has 1 heterocycles. The van der Waals surface area contributed by atoms with Crippen molar-refractivity contribution >= 4 is 23.2 Å². The van der Waals surface area contributed by atoms with Gasteiger partial charge < -0.3 is 4.90 Å². The number of rotatable bonds is 4. The summed E-state index contributed by atoms with van der Waals surface area (Å²) in [6.07, 6.45) is 1.37. The van der Waals surface area contributed by atoms with Gasteiger partial charge in [0.05, 0.1) is 11.5 Å². The van der Waals surface area contributed by atoms with Gasteiger partial charge in [-0.15, -0.1) is 0 Å². The second kappa shape index (κ2) is 5.88. The van der Waals surface area contributed by atoms with Crippen molar-refractivity contribution in [2.45, 2.75) is 6.54 Å². The van der Waals surface area contributed by atoms with Crippen LogP contribution in [0.5, 0.6) is 0 Å². The van der Waals surface area contributed by atoms with Gasteiger partial charge in [0.1, 0.15) is 17.7 Å². The average Bonchev–Trinajstić information content (AvgIpc) is 2.83. The van der Waals surface area contributed by atoms with Crippen molar-refractivity contribution in [1.29, 1.82) is 0 Å². The molecule has 1 amide bonds. The molecule has 0 saturated heterocycles. The maximum atomic E-state index is 12.4. The minimum atomic E-state index is -0.611. The van der Waals surface area contributed by atoms with Crippen molar-refractivity contribution in [3.8, 4) is 0 Å². The van der Waals surface area contributed by atoms with Gasteiger partial charge in [0, 0.05) is 25.2 Å². The minimum absolute atomic E-state index is 0.0582. The lowest BCUT2D eigenvalue weighted by atomic mass is 10.1. The molecule has 0 aliphatic rings. The highest BCUT2D eigenvalue weighted by atomic mass is 35.5. The zero-order valence-electron chi connectivity index (χ0n) is 11.4. The predicted molar refractivity (Wildman–Crippen MR) is 74.9 cm³/mol. The number of carbonyl (C=O) groups is 1. The number of aromatic nitrogens is 3. The van der Waals surface area contributed by atoms with Crippen LogP contribution in [0.25, 0.3) is 0 Å². The normalized spacial score (nSPS) is 10.4. The van der Waals surface area contributed by atoms with E-state index in [4.69, 9.17) is 11.6 Å². The summed E-state index contributed by atoms with van der Waals surface area (Å²) in [4.78, 5) is 28.1. The second-order valence-corrected chi connectivity index (χ2v) is 4.82. The maximum Gasteiger partial charge on any atom is 0.282 e. The molecule has 0 spiro atoms. The third-order valence-corrected chi connectivity index (χ3v) is 3.15. The van der Waals surface area contributed by atoms with Crippen molar-refractivity contribution < 1.29 is 9.72 Å². The Balaban J connectivity index is 2.29. The van der Waals surface area contributed by atoms with Gasteiger partial charge in [-0.2, -0.15) is 5.10 Å². The summed E-state index contributed by atoms with van der Waals surface area (Å²) >= 11 is 5.82. The molecule has 0 unspecified atom stereocenters. The number of benzene rings is 1. The van der Waals surface area contributed by atoms with Crippen LogP contribution in [-0.4, -0.2) is 37.5 Å². The number of halogens is 1. The first-order valence-corrected chi connectivity index (χ1v) is 6.30. The Morgan fingerprint density at radius 2 is 2.24 bits per heavy atom. The van der Waals surface area contributed by atoms with E-state index >= 15 is 0 Å². The molecule has 0 atom stereocenters. The number of aryl methyl sites for hydroxylation is 1. The first-order valence-electron chi connectivity index (χ1n) is 5.92. The molecule has 110 valence electrons. The lowest BCUT2D eigenvalue weighted by molar-refractivity contribution is -0.385. The number of nitrogens with zero attached hydrogens (tertiary/aromatic N) is 5. The van der Waals surface area contributed by atoms with Crippen LogP contribution in [0.4, 0.5) is 5.69 Å². The molecule has 9 heteroatoms. The quantitative estimate of drug-likeness (QED) is 0.632. The summed E-state index contributed by atoms with van der Waals surface area (Å²) in [6.45, 7) is 0.180. The Morgan fingerprint density at radius 1 is 1.52 bits per heavy atom. The van der Waals surface area contributed by atoms with Gasteiger partial charge in [0.25, 0.3) is 11.6 Å². The monoisotopic (exact) mass is 309 g/mol. The molecule has 0 N–H and O–H groups in total. The van der Waals surface area contributed by atoms with E-state index < -0.39 is 10.8 Å². The van der Waals surface area contributed by atoms with E-state index in [0.29, 0.717) is 5.82 Å². The Hall–Kier alpha value is -2.48. The van der Waals surface area contributed by atoms with E-state index in [9.17, 15) is 14.9 Å². The first-order chi connectivity index (χ1) is 9.90. The summed E-state index contributed by atoms with van der Waals surface area (Å²) in [5.41, 5.74) is -0.341. The fourth-order valence-electron chi connectivity index (χ4n) is 1.79. The van der Waals surface area contributed by atoms with E-state index in [2.05, 4.69) is 10.1 Å². The van der Waals surface area contributed by atoms with Crippen LogP contribution in [0, 0.1) is 10.1 Å². The van der Waals surface area contributed by atoms with E-state index in [1.807, 2.05) is 0 Å². The highest BCUT2D eigenvalue weighted by molar-refractivity contribution is 6.31. The average molecular weight is 310 g/mol. The minimum Gasteiger partial charge on any atom is -0.334 e. The van der Waals surface area contributed by atoms with Crippen molar-refractivity contribution in [2.24, 2.45) is 7.05 Å². The van der Waals surface area contributed by atoms with Gasteiger partial charge in [0.15, 0.2) is 0 Å². The molecule has 2 rings (SSSR count). The molecular weight excluding hydrogens is 298 g/mol. The highest BCUT2D eigenvalue weighted by Crippen LogP contribution is 2.24. The molecular formula is C12H12ClN5O3. The van der Waals surface area contributed by atoms with Crippen molar-refractivity contribution in [3.05, 3.63) is 51.1 Å². The second-order valence-electron chi connectivity index (χ2n) is 4.38. The summed E-state index contributed by atoms with van der Waals surface area (Å²) in [6, 6.07) is 3.88. The van der Waals surface area contributed by atoms with Crippen LogP contribution in [0.2, 0.25) is 5.02 Å². The first kappa shape index (κ1) is 14.9. The SMILES string of the molecule is CN(Cc1ncnn1C)C(=O)c1cc(Cl)ccc1[N+](=O)[O-]. The van der Waals surface area contributed by atoms with Gasteiger partial charge in [-0.1, -0.05) is 11.6 Å². The Kier molecular flexibility index (Phi) is 4.18. The van der Waals surface area contributed by atoms with Gasteiger partial charge in [-0.25, -0.2) is 4.98 Å². The molecule has 1 aromatic heterocycles. The predicted octanol–water partition coefficient (Wildman–Crippen LogP) is 1.65. The summed E-state index contributed by atoms with van der Waals surface area (Å²) in [5.74, 6) is 0.0581. The number of amides is 1. The molecule has 0 saturated carbocycles. The number of nitro groups is 1. The molecule has 0 bridgehead atoms. The molecule has 1 aromatic carbocycles. The summed E-state index contributed by atoms with van der Waals surface area (Å²) in [5, 5.41) is 15.2. The zero-order chi connectivity index (χ0) is 15.6. The fraction of sp³-hybridized carbons (Fsp3) is 0.250. The third-order valence-electron chi connectivity index (χ3n) is 2.92. The number of carbonyl (C=O) groups excluding carboxylic acids is 1. The number of hydrogen-bond acceptors (Lipinski definition) is 5.